The average Bonchev–Trinajstić information content (AvgIpc) is 2.78. The van der Waals surface area contributed by atoms with Crippen LogP contribution in [0.4, 0.5) is 0 Å². The van der Waals surface area contributed by atoms with Crippen LogP contribution in [0.3, 0.4) is 0 Å². The van der Waals surface area contributed by atoms with Gasteiger partial charge in [-0.15, -0.1) is 0 Å². The molecule has 4 rings (SSSR count). The average molecular weight is 389 g/mol. The highest BCUT2D eigenvalue weighted by Crippen LogP contribution is 2.41. The van der Waals surface area contributed by atoms with Crippen LogP contribution in [0.25, 0.3) is 11.1 Å². The predicted octanol–water partition coefficient (Wildman–Crippen LogP) is 5.00. The van der Waals surface area contributed by atoms with Crippen molar-refractivity contribution in [1.82, 2.24) is 5.32 Å². The lowest BCUT2D eigenvalue weighted by molar-refractivity contribution is 0.309. The van der Waals surface area contributed by atoms with Crippen LogP contribution in [0.15, 0.2) is 60.7 Å². The van der Waals surface area contributed by atoms with Crippen LogP contribution in [-0.2, 0) is 6.42 Å². The van der Waals surface area contributed by atoms with Crippen molar-refractivity contribution in [3.63, 3.8) is 0 Å². The Morgan fingerprint density at radius 1 is 0.828 bits per heavy atom. The number of hydrogen-bond donors (Lipinski definition) is 1. The summed E-state index contributed by atoms with van der Waals surface area (Å²) in [5, 5.41) is 3.68. The summed E-state index contributed by atoms with van der Waals surface area (Å²) in [6.07, 6.45) is 0.954. The van der Waals surface area contributed by atoms with Gasteiger partial charge in [0.15, 0.2) is 11.5 Å². The predicted molar refractivity (Wildman–Crippen MR) is 116 cm³/mol. The maximum absolute atomic E-state index is 5.84. The molecule has 150 valence electrons. The quantitative estimate of drug-likeness (QED) is 0.644. The molecule has 0 saturated carbocycles. The van der Waals surface area contributed by atoms with Crippen LogP contribution in [-0.4, -0.2) is 27.4 Å². The van der Waals surface area contributed by atoms with Crippen LogP contribution in [0, 0.1) is 0 Å². The molecule has 0 amide bonds. The summed E-state index contributed by atoms with van der Waals surface area (Å²) >= 11 is 0. The second-order valence-electron chi connectivity index (χ2n) is 7.09. The molecule has 3 aromatic carbocycles. The zero-order valence-corrected chi connectivity index (χ0v) is 17.2. The largest absolute Gasteiger partial charge is 0.496 e. The molecular formula is C25H27NO3. The SMILES string of the molecule is CCOc1cc2c(cc1OC)CCNC2c1cc(-c2ccccc2)ccc1OC. The van der Waals surface area contributed by atoms with Crippen molar-refractivity contribution in [3.8, 4) is 28.4 Å². The van der Waals surface area contributed by atoms with Gasteiger partial charge in [-0.25, -0.2) is 0 Å². The number of fused-ring (bicyclic) bond motifs is 1. The molecule has 4 nitrogen and oxygen atoms in total. The Labute approximate surface area is 172 Å². The number of rotatable bonds is 6. The van der Waals surface area contributed by atoms with Gasteiger partial charge in [0.1, 0.15) is 5.75 Å². The molecule has 0 spiro atoms. The first-order chi connectivity index (χ1) is 14.2. The Morgan fingerprint density at radius 2 is 1.62 bits per heavy atom. The van der Waals surface area contributed by atoms with Crippen LogP contribution in [0.1, 0.15) is 29.7 Å². The molecule has 1 N–H and O–H groups in total. The second kappa shape index (κ2) is 8.58. The van der Waals surface area contributed by atoms with Crippen molar-refractivity contribution in [2.24, 2.45) is 0 Å². The number of ether oxygens (including phenoxy) is 3. The van der Waals surface area contributed by atoms with E-state index in [0.717, 1.165) is 35.8 Å². The monoisotopic (exact) mass is 389 g/mol. The van der Waals surface area contributed by atoms with Gasteiger partial charge in [-0.2, -0.15) is 0 Å². The standard InChI is InChI=1S/C25H27NO3/c1-4-29-24-16-20-19(15-23(24)28-3)12-13-26-25(20)21-14-18(10-11-22(21)27-2)17-8-6-5-7-9-17/h5-11,14-16,25-26H,4,12-13H2,1-3H3. The molecule has 1 unspecified atom stereocenters. The highest BCUT2D eigenvalue weighted by Gasteiger charge is 2.26. The Balaban J connectivity index is 1.83. The highest BCUT2D eigenvalue weighted by atomic mass is 16.5. The minimum Gasteiger partial charge on any atom is -0.496 e. The summed E-state index contributed by atoms with van der Waals surface area (Å²) in [6.45, 7) is 3.48. The molecule has 0 bridgehead atoms. The van der Waals surface area contributed by atoms with Crippen molar-refractivity contribution in [3.05, 3.63) is 77.4 Å². The van der Waals surface area contributed by atoms with Gasteiger partial charge in [0.25, 0.3) is 0 Å². The van der Waals surface area contributed by atoms with E-state index in [1.54, 1.807) is 14.2 Å². The van der Waals surface area contributed by atoms with E-state index in [-0.39, 0.29) is 6.04 Å². The minimum atomic E-state index is 0.0301. The summed E-state index contributed by atoms with van der Waals surface area (Å²) in [4.78, 5) is 0. The minimum absolute atomic E-state index is 0.0301. The first-order valence-corrected chi connectivity index (χ1v) is 10.1. The van der Waals surface area contributed by atoms with E-state index in [9.17, 15) is 0 Å². The van der Waals surface area contributed by atoms with Crippen molar-refractivity contribution < 1.29 is 14.2 Å². The number of nitrogens with one attached hydrogen (secondary N) is 1. The summed E-state index contributed by atoms with van der Waals surface area (Å²) in [5.74, 6) is 2.45. The summed E-state index contributed by atoms with van der Waals surface area (Å²) in [5.41, 5.74) is 5.98. The summed E-state index contributed by atoms with van der Waals surface area (Å²) in [7, 11) is 3.42. The lowest BCUT2D eigenvalue weighted by Gasteiger charge is -2.30. The summed E-state index contributed by atoms with van der Waals surface area (Å²) in [6, 6.07) is 21.1. The molecule has 1 heterocycles. The molecule has 1 aliphatic heterocycles. The fraction of sp³-hybridized carbons (Fsp3) is 0.280. The van der Waals surface area contributed by atoms with Crippen molar-refractivity contribution in [1.29, 1.82) is 0 Å². The zero-order valence-electron chi connectivity index (χ0n) is 17.2. The molecule has 0 aliphatic carbocycles. The third kappa shape index (κ3) is 3.81. The van der Waals surface area contributed by atoms with Gasteiger partial charge in [0, 0.05) is 12.1 Å². The Morgan fingerprint density at radius 3 is 2.34 bits per heavy atom. The van der Waals surface area contributed by atoms with E-state index in [1.807, 2.05) is 13.0 Å². The van der Waals surface area contributed by atoms with Gasteiger partial charge < -0.3 is 19.5 Å². The molecule has 0 saturated heterocycles. The van der Waals surface area contributed by atoms with Crippen LogP contribution in [0.5, 0.6) is 17.2 Å². The van der Waals surface area contributed by atoms with Crippen molar-refractivity contribution in [2.45, 2.75) is 19.4 Å². The van der Waals surface area contributed by atoms with Crippen LogP contribution in [0.2, 0.25) is 0 Å². The van der Waals surface area contributed by atoms with E-state index in [0.29, 0.717) is 6.61 Å². The molecule has 4 heteroatoms. The van der Waals surface area contributed by atoms with Gasteiger partial charge >= 0.3 is 0 Å². The molecule has 0 radical (unpaired) electrons. The van der Waals surface area contributed by atoms with Crippen molar-refractivity contribution >= 4 is 0 Å². The Kier molecular flexibility index (Phi) is 5.72. The molecule has 0 aromatic heterocycles. The Bertz CT molecular complexity index is 985. The molecule has 3 aromatic rings. The topological polar surface area (TPSA) is 39.7 Å². The van der Waals surface area contributed by atoms with E-state index in [1.165, 1.54) is 22.3 Å². The fourth-order valence-electron chi connectivity index (χ4n) is 4.04. The van der Waals surface area contributed by atoms with E-state index in [4.69, 9.17) is 14.2 Å². The van der Waals surface area contributed by atoms with Gasteiger partial charge in [0.2, 0.25) is 0 Å². The third-order valence-corrected chi connectivity index (χ3v) is 5.43. The van der Waals surface area contributed by atoms with E-state index >= 15 is 0 Å². The fourth-order valence-corrected chi connectivity index (χ4v) is 4.04. The second-order valence-corrected chi connectivity index (χ2v) is 7.09. The lowest BCUT2D eigenvalue weighted by Crippen LogP contribution is -2.31. The number of methoxy groups -OCH3 is 2. The highest BCUT2D eigenvalue weighted by molar-refractivity contribution is 5.67. The first kappa shape index (κ1) is 19.3. The van der Waals surface area contributed by atoms with Gasteiger partial charge in [-0.1, -0.05) is 36.4 Å². The van der Waals surface area contributed by atoms with E-state index in [2.05, 4.69) is 59.9 Å². The van der Waals surface area contributed by atoms with Gasteiger partial charge in [-0.3, -0.25) is 0 Å². The van der Waals surface area contributed by atoms with Crippen LogP contribution >= 0.6 is 0 Å². The lowest BCUT2D eigenvalue weighted by atomic mass is 9.87. The number of hydrogen-bond acceptors (Lipinski definition) is 4. The molecule has 29 heavy (non-hydrogen) atoms. The van der Waals surface area contributed by atoms with Gasteiger partial charge in [0.05, 0.1) is 26.9 Å². The zero-order chi connectivity index (χ0) is 20.2. The Hall–Kier alpha value is -2.98. The smallest absolute Gasteiger partial charge is 0.161 e. The maximum Gasteiger partial charge on any atom is 0.161 e. The third-order valence-electron chi connectivity index (χ3n) is 5.43. The maximum atomic E-state index is 5.84. The number of benzene rings is 3. The molecule has 1 atom stereocenters. The normalized spacial score (nSPS) is 15.5. The van der Waals surface area contributed by atoms with Gasteiger partial charge in [-0.05, 0) is 59.9 Å². The van der Waals surface area contributed by atoms with E-state index < -0.39 is 0 Å². The molecule has 0 fully saturated rings. The summed E-state index contributed by atoms with van der Waals surface area (Å²) < 4.78 is 17.1. The molecular weight excluding hydrogens is 362 g/mol. The van der Waals surface area contributed by atoms with Crippen LogP contribution < -0.4 is 19.5 Å². The molecule has 1 aliphatic rings. The first-order valence-electron chi connectivity index (χ1n) is 10.1. The van der Waals surface area contributed by atoms with Crippen molar-refractivity contribution in [2.75, 3.05) is 27.4 Å².